The Morgan fingerprint density at radius 2 is 1.74 bits per heavy atom. The molecule has 0 saturated heterocycles. The Kier molecular flexibility index (Phi) is 8.31. The summed E-state index contributed by atoms with van der Waals surface area (Å²) < 4.78 is -1.29. The Bertz CT molecular complexity index is 862. The molecule has 0 heterocycles. The number of nitrogens with one attached hydrogen (secondary N) is 3. The van der Waals surface area contributed by atoms with E-state index in [9.17, 15) is 4.79 Å². The van der Waals surface area contributed by atoms with Crippen molar-refractivity contribution >= 4 is 103 Å². The van der Waals surface area contributed by atoms with E-state index in [0.29, 0.717) is 25.8 Å². The zero-order valence-electron chi connectivity index (χ0n) is 13.2. The number of anilines is 1. The molecule has 1 unspecified atom stereocenters. The lowest BCUT2D eigenvalue weighted by Gasteiger charge is -2.28. The molecule has 27 heavy (non-hydrogen) atoms. The van der Waals surface area contributed by atoms with Gasteiger partial charge in [0.1, 0.15) is 6.17 Å². The standard InChI is InChI=1S/C16H11BrCl5N3OS/c17-10-4-2-1-3-9(10)13(26)24-14(16(20,21)22)25-15(27)23-12-6-5-8(18)7-11(12)19/h1-7,14H,(H,24,26)(H2,23,25,27). The number of amides is 1. The number of carbonyl (C=O) groups is 1. The zero-order chi connectivity index (χ0) is 20.2. The number of hydrogen-bond acceptors (Lipinski definition) is 2. The van der Waals surface area contributed by atoms with Crippen molar-refractivity contribution in [2.75, 3.05) is 5.32 Å². The average Bonchev–Trinajstić information content (AvgIpc) is 2.56. The largest absolute Gasteiger partial charge is 0.339 e. The summed E-state index contributed by atoms with van der Waals surface area (Å²) in [5.74, 6) is -0.460. The molecule has 0 radical (unpaired) electrons. The first-order valence-corrected chi connectivity index (χ1v) is 10.3. The number of alkyl halides is 3. The van der Waals surface area contributed by atoms with Gasteiger partial charge < -0.3 is 16.0 Å². The molecule has 0 saturated carbocycles. The highest BCUT2D eigenvalue weighted by molar-refractivity contribution is 9.10. The second kappa shape index (κ2) is 9.83. The smallest absolute Gasteiger partial charge is 0.254 e. The van der Waals surface area contributed by atoms with Gasteiger partial charge in [-0.1, -0.05) is 70.1 Å². The van der Waals surface area contributed by atoms with Crippen molar-refractivity contribution in [3.05, 3.63) is 62.5 Å². The Hall–Kier alpha value is -0.470. The number of halogens is 6. The van der Waals surface area contributed by atoms with E-state index >= 15 is 0 Å². The topological polar surface area (TPSA) is 53.2 Å². The maximum absolute atomic E-state index is 12.5. The molecule has 0 spiro atoms. The molecule has 0 aromatic heterocycles. The molecule has 0 aliphatic carbocycles. The van der Waals surface area contributed by atoms with E-state index in [1.807, 2.05) is 0 Å². The highest BCUT2D eigenvalue weighted by Crippen LogP contribution is 2.30. The predicted molar refractivity (Wildman–Crippen MR) is 122 cm³/mol. The van der Waals surface area contributed by atoms with Crippen LogP contribution in [0.4, 0.5) is 5.69 Å². The molecule has 144 valence electrons. The van der Waals surface area contributed by atoms with Crippen molar-refractivity contribution in [3.63, 3.8) is 0 Å². The van der Waals surface area contributed by atoms with Gasteiger partial charge in [-0.15, -0.1) is 0 Å². The molecule has 1 atom stereocenters. The van der Waals surface area contributed by atoms with Crippen molar-refractivity contribution in [3.8, 4) is 0 Å². The molecule has 3 N–H and O–H groups in total. The summed E-state index contributed by atoms with van der Waals surface area (Å²) in [5, 5.41) is 9.13. The first-order chi connectivity index (χ1) is 12.6. The number of carbonyl (C=O) groups excluding carboxylic acids is 1. The van der Waals surface area contributed by atoms with Gasteiger partial charge in [-0.25, -0.2) is 0 Å². The summed E-state index contributed by atoms with van der Waals surface area (Å²) in [7, 11) is 0. The van der Waals surface area contributed by atoms with E-state index < -0.39 is 15.9 Å². The van der Waals surface area contributed by atoms with Crippen LogP contribution in [0.25, 0.3) is 0 Å². The van der Waals surface area contributed by atoms with Crippen LogP contribution in [0.2, 0.25) is 10.0 Å². The number of benzene rings is 2. The van der Waals surface area contributed by atoms with Crippen molar-refractivity contribution in [1.82, 2.24) is 10.6 Å². The highest BCUT2D eigenvalue weighted by Gasteiger charge is 2.35. The fourth-order valence-electron chi connectivity index (χ4n) is 1.93. The molecule has 11 heteroatoms. The first kappa shape index (κ1) is 22.8. The Labute approximate surface area is 195 Å². The third-order valence-electron chi connectivity index (χ3n) is 3.18. The summed E-state index contributed by atoms with van der Waals surface area (Å²) in [6.07, 6.45) is -1.12. The van der Waals surface area contributed by atoms with E-state index in [1.165, 1.54) is 0 Å². The van der Waals surface area contributed by atoms with Crippen LogP contribution in [0.15, 0.2) is 46.9 Å². The SMILES string of the molecule is O=C(NC(NC(=S)Nc1ccc(Cl)cc1Cl)C(Cl)(Cl)Cl)c1ccccc1Br. The lowest BCUT2D eigenvalue weighted by atomic mass is 10.2. The first-order valence-electron chi connectivity index (χ1n) is 7.22. The summed E-state index contributed by atoms with van der Waals surface area (Å²) in [6, 6.07) is 11.7. The van der Waals surface area contributed by atoms with Gasteiger partial charge in [0.2, 0.25) is 3.79 Å². The van der Waals surface area contributed by atoms with Crippen LogP contribution in [0.1, 0.15) is 10.4 Å². The minimum absolute atomic E-state index is 0.0861. The van der Waals surface area contributed by atoms with Crippen LogP contribution >= 0.6 is 86.2 Å². The van der Waals surface area contributed by atoms with Crippen LogP contribution in [-0.4, -0.2) is 21.0 Å². The summed E-state index contributed by atoms with van der Waals surface area (Å²) in [4.78, 5) is 12.5. The van der Waals surface area contributed by atoms with Gasteiger partial charge in [0, 0.05) is 9.50 Å². The van der Waals surface area contributed by atoms with Gasteiger partial charge in [-0.3, -0.25) is 4.79 Å². The Morgan fingerprint density at radius 1 is 1.07 bits per heavy atom. The third-order valence-corrected chi connectivity index (χ3v) is 5.29. The number of hydrogen-bond donors (Lipinski definition) is 3. The van der Waals surface area contributed by atoms with Crippen LogP contribution in [-0.2, 0) is 0 Å². The maximum Gasteiger partial charge on any atom is 0.254 e. The van der Waals surface area contributed by atoms with Gasteiger partial charge in [0.15, 0.2) is 5.11 Å². The molecule has 0 aliphatic rings. The quantitative estimate of drug-likeness (QED) is 0.242. The molecule has 1 amide bonds. The van der Waals surface area contributed by atoms with Gasteiger partial charge in [0.25, 0.3) is 5.91 Å². The van der Waals surface area contributed by atoms with Gasteiger partial charge >= 0.3 is 0 Å². The highest BCUT2D eigenvalue weighted by atomic mass is 79.9. The molecule has 4 nitrogen and oxygen atoms in total. The minimum atomic E-state index is -1.88. The molecular weight excluding hydrogens is 539 g/mol. The van der Waals surface area contributed by atoms with Crippen LogP contribution in [0, 0.1) is 0 Å². The predicted octanol–water partition coefficient (Wildman–Crippen LogP) is 6.17. The van der Waals surface area contributed by atoms with Crippen molar-refractivity contribution in [2.45, 2.75) is 9.96 Å². The Balaban J connectivity index is 2.11. The van der Waals surface area contributed by atoms with E-state index in [4.69, 9.17) is 70.2 Å². The summed E-state index contributed by atoms with van der Waals surface area (Å²) in [5.41, 5.74) is 0.872. The molecular formula is C16H11BrCl5N3OS. The number of thiocarbonyl (C=S) groups is 1. The molecule has 0 aliphatic heterocycles. The molecule has 2 rings (SSSR count). The van der Waals surface area contributed by atoms with Crippen molar-refractivity contribution in [2.24, 2.45) is 0 Å². The van der Waals surface area contributed by atoms with E-state index in [0.717, 1.165) is 0 Å². The van der Waals surface area contributed by atoms with Crippen molar-refractivity contribution < 1.29 is 4.79 Å². The summed E-state index contributed by atoms with van der Waals surface area (Å²) >= 11 is 38.4. The zero-order valence-corrected chi connectivity index (χ0v) is 19.4. The maximum atomic E-state index is 12.5. The van der Waals surface area contributed by atoms with Crippen LogP contribution in [0.5, 0.6) is 0 Å². The average molecular weight is 551 g/mol. The second-order valence-corrected chi connectivity index (χ2v) is 9.63. The lowest BCUT2D eigenvalue weighted by molar-refractivity contribution is 0.0934. The minimum Gasteiger partial charge on any atom is -0.339 e. The van der Waals surface area contributed by atoms with Gasteiger partial charge in [-0.05, 0) is 58.5 Å². The third kappa shape index (κ3) is 6.82. The fourth-order valence-corrected chi connectivity index (χ4v) is 3.41. The second-order valence-electron chi connectivity index (χ2n) is 5.15. The van der Waals surface area contributed by atoms with Gasteiger partial charge in [0.05, 0.1) is 16.3 Å². The summed E-state index contributed by atoms with van der Waals surface area (Å²) in [6.45, 7) is 0. The van der Waals surface area contributed by atoms with Crippen LogP contribution < -0.4 is 16.0 Å². The van der Waals surface area contributed by atoms with E-state index in [2.05, 4.69) is 31.9 Å². The van der Waals surface area contributed by atoms with E-state index in [-0.39, 0.29) is 5.11 Å². The lowest BCUT2D eigenvalue weighted by Crippen LogP contribution is -2.56. The Morgan fingerprint density at radius 3 is 2.33 bits per heavy atom. The van der Waals surface area contributed by atoms with E-state index in [1.54, 1.807) is 42.5 Å². The molecule has 2 aromatic rings. The monoisotopic (exact) mass is 547 g/mol. The van der Waals surface area contributed by atoms with Crippen LogP contribution in [0.3, 0.4) is 0 Å². The normalized spacial score (nSPS) is 12.2. The molecule has 0 bridgehead atoms. The van der Waals surface area contributed by atoms with Crippen molar-refractivity contribution in [1.29, 1.82) is 0 Å². The van der Waals surface area contributed by atoms with Gasteiger partial charge in [-0.2, -0.15) is 0 Å². The molecule has 2 aromatic carbocycles. The number of rotatable bonds is 4. The fraction of sp³-hybridized carbons (Fsp3) is 0.125. The molecule has 0 fully saturated rings.